The zero-order valence-corrected chi connectivity index (χ0v) is 13.8. The van der Waals surface area contributed by atoms with E-state index >= 15 is 0 Å². The van der Waals surface area contributed by atoms with E-state index in [0.29, 0.717) is 5.69 Å². The van der Waals surface area contributed by atoms with Crippen LogP contribution in [0.15, 0.2) is 28.7 Å². The number of nitrogens with zero attached hydrogens (tertiary/aromatic N) is 2. The number of rotatable bonds is 2. The maximum absolute atomic E-state index is 12.5. The molecule has 110 valence electrons. The van der Waals surface area contributed by atoms with Crippen molar-refractivity contribution in [2.24, 2.45) is 7.05 Å². The molecule has 3 rings (SSSR count). The van der Waals surface area contributed by atoms with E-state index in [1.165, 1.54) is 11.1 Å². The van der Waals surface area contributed by atoms with Crippen LogP contribution in [0.5, 0.6) is 0 Å². The summed E-state index contributed by atoms with van der Waals surface area (Å²) in [5.41, 5.74) is 3.98. The summed E-state index contributed by atoms with van der Waals surface area (Å²) < 4.78 is 2.49. The largest absolute Gasteiger partial charge is 0.344 e. The highest BCUT2D eigenvalue weighted by Gasteiger charge is 2.24. The van der Waals surface area contributed by atoms with Crippen LogP contribution in [0.1, 0.15) is 46.2 Å². The molecule has 1 aliphatic carbocycles. The Bertz CT molecular complexity index is 693. The Hall–Kier alpha value is -1.62. The average Bonchev–Trinajstić information content (AvgIpc) is 2.75. The van der Waals surface area contributed by atoms with Crippen molar-refractivity contribution in [3.05, 3.63) is 51.3 Å². The molecule has 1 amide bonds. The van der Waals surface area contributed by atoms with Gasteiger partial charge < -0.3 is 5.32 Å². The Morgan fingerprint density at radius 2 is 2.19 bits per heavy atom. The highest BCUT2D eigenvalue weighted by molar-refractivity contribution is 9.10. The van der Waals surface area contributed by atoms with Crippen LogP contribution < -0.4 is 5.32 Å². The van der Waals surface area contributed by atoms with Crippen LogP contribution in [0.2, 0.25) is 0 Å². The Balaban J connectivity index is 1.84. The number of fused-ring (bicyclic) bond motifs is 1. The number of hydrogen-bond donors (Lipinski definition) is 1. The molecule has 1 aromatic heterocycles. The molecule has 0 spiro atoms. The zero-order valence-electron chi connectivity index (χ0n) is 12.2. The van der Waals surface area contributed by atoms with Crippen molar-refractivity contribution in [1.82, 2.24) is 15.1 Å². The summed E-state index contributed by atoms with van der Waals surface area (Å²) in [6, 6.07) is 8.43. The minimum absolute atomic E-state index is 0.0802. The lowest BCUT2D eigenvalue weighted by Crippen LogP contribution is -2.31. The van der Waals surface area contributed by atoms with E-state index < -0.39 is 0 Å². The van der Waals surface area contributed by atoms with Gasteiger partial charge in [-0.3, -0.25) is 9.48 Å². The first-order chi connectivity index (χ1) is 10.1. The Labute approximate surface area is 132 Å². The third-order valence-corrected chi connectivity index (χ3v) is 5.10. The minimum atomic E-state index is -0.118. The standard InChI is InChI=1S/C16H18BrN3O/c1-10-14(17)15(19-20(10)2)16(21)18-13-9-5-7-11-6-3-4-8-12(11)13/h3-4,6,8,13H,5,7,9H2,1-2H3,(H,18,21)/t13-/m0/s1. The van der Waals surface area contributed by atoms with Gasteiger partial charge in [0, 0.05) is 7.05 Å². The molecule has 4 nitrogen and oxygen atoms in total. The number of carbonyl (C=O) groups is 1. The molecule has 0 aliphatic heterocycles. The molecule has 1 atom stereocenters. The van der Waals surface area contributed by atoms with Gasteiger partial charge in [0.15, 0.2) is 5.69 Å². The molecular weight excluding hydrogens is 330 g/mol. The topological polar surface area (TPSA) is 46.9 Å². The number of aryl methyl sites for hydroxylation is 2. The van der Waals surface area contributed by atoms with Crippen molar-refractivity contribution in [2.45, 2.75) is 32.2 Å². The number of halogens is 1. The number of benzene rings is 1. The van der Waals surface area contributed by atoms with Gasteiger partial charge in [0.05, 0.1) is 16.2 Å². The molecule has 0 saturated carbocycles. The smallest absolute Gasteiger partial charge is 0.273 e. The van der Waals surface area contributed by atoms with Gasteiger partial charge in [0.2, 0.25) is 0 Å². The molecule has 0 radical (unpaired) electrons. The summed E-state index contributed by atoms with van der Waals surface area (Å²) in [4.78, 5) is 12.5. The van der Waals surface area contributed by atoms with Crippen molar-refractivity contribution in [1.29, 1.82) is 0 Å². The summed E-state index contributed by atoms with van der Waals surface area (Å²) in [5.74, 6) is -0.118. The lowest BCUT2D eigenvalue weighted by molar-refractivity contribution is 0.0926. The van der Waals surface area contributed by atoms with Gasteiger partial charge in [0.1, 0.15) is 0 Å². The van der Waals surface area contributed by atoms with Gasteiger partial charge in [-0.1, -0.05) is 24.3 Å². The third-order valence-electron chi connectivity index (χ3n) is 4.15. The molecule has 5 heteroatoms. The summed E-state index contributed by atoms with van der Waals surface area (Å²) in [7, 11) is 1.84. The van der Waals surface area contributed by atoms with Crippen molar-refractivity contribution in [3.63, 3.8) is 0 Å². The van der Waals surface area contributed by atoms with Gasteiger partial charge in [-0.25, -0.2) is 0 Å². The summed E-state index contributed by atoms with van der Waals surface area (Å²) in [6.45, 7) is 1.93. The van der Waals surface area contributed by atoms with Crippen LogP contribution in [-0.4, -0.2) is 15.7 Å². The fourth-order valence-electron chi connectivity index (χ4n) is 2.86. The Kier molecular flexibility index (Phi) is 3.85. The van der Waals surface area contributed by atoms with Gasteiger partial charge >= 0.3 is 0 Å². The van der Waals surface area contributed by atoms with E-state index in [4.69, 9.17) is 0 Å². The van der Waals surface area contributed by atoms with Crippen LogP contribution in [0, 0.1) is 6.92 Å². The maximum Gasteiger partial charge on any atom is 0.273 e. The summed E-state index contributed by atoms with van der Waals surface area (Å²) in [6.07, 6.45) is 3.17. The van der Waals surface area contributed by atoms with Gasteiger partial charge in [0.25, 0.3) is 5.91 Å². The second kappa shape index (κ2) is 5.64. The Morgan fingerprint density at radius 1 is 1.43 bits per heavy atom. The molecular formula is C16H18BrN3O. The van der Waals surface area contributed by atoms with E-state index in [0.717, 1.165) is 29.4 Å². The van der Waals surface area contributed by atoms with Crippen molar-refractivity contribution < 1.29 is 4.79 Å². The first-order valence-corrected chi connectivity index (χ1v) is 7.95. The van der Waals surface area contributed by atoms with Crippen molar-refractivity contribution in [3.8, 4) is 0 Å². The number of nitrogens with one attached hydrogen (secondary N) is 1. The molecule has 0 bridgehead atoms. The van der Waals surface area contributed by atoms with Crippen LogP contribution in [0.3, 0.4) is 0 Å². The lowest BCUT2D eigenvalue weighted by Gasteiger charge is -2.26. The molecule has 1 heterocycles. The second-order valence-corrected chi connectivity index (χ2v) is 6.28. The quantitative estimate of drug-likeness (QED) is 0.905. The number of hydrogen-bond acceptors (Lipinski definition) is 2. The monoisotopic (exact) mass is 347 g/mol. The number of amides is 1. The summed E-state index contributed by atoms with van der Waals surface area (Å²) >= 11 is 3.45. The van der Waals surface area contributed by atoms with Crippen LogP contribution in [0.25, 0.3) is 0 Å². The van der Waals surface area contributed by atoms with E-state index in [9.17, 15) is 4.79 Å². The molecule has 0 fully saturated rings. The lowest BCUT2D eigenvalue weighted by atomic mass is 9.88. The molecule has 1 aromatic carbocycles. The van der Waals surface area contributed by atoms with Crippen molar-refractivity contribution in [2.75, 3.05) is 0 Å². The number of carbonyl (C=O) groups excluding carboxylic acids is 1. The predicted molar refractivity (Wildman–Crippen MR) is 85.2 cm³/mol. The first-order valence-electron chi connectivity index (χ1n) is 7.15. The van der Waals surface area contributed by atoms with Gasteiger partial charge in [-0.05, 0) is 53.2 Å². The zero-order chi connectivity index (χ0) is 15.0. The first kappa shape index (κ1) is 14.3. The highest BCUT2D eigenvalue weighted by Crippen LogP contribution is 2.30. The van der Waals surface area contributed by atoms with Crippen molar-refractivity contribution >= 4 is 21.8 Å². The molecule has 2 aromatic rings. The fraction of sp³-hybridized carbons (Fsp3) is 0.375. The fourth-order valence-corrected chi connectivity index (χ4v) is 3.37. The Morgan fingerprint density at radius 3 is 2.90 bits per heavy atom. The van der Waals surface area contributed by atoms with E-state index in [-0.39, 0.29) is 11.9 Å². The van der Waals surface area contributed by atoms with Gasteiger partial charge in [-0.2, -0.15) is 5.10 Å². The molecule has 1 N–H and O–H groups in total. The molecule has 1 aliphatic rings. The normalized spacial score (nSPS) is 17.4. The summed E-state index contributed by atoms with van der Waals surface area (Å²) in [5, 5.41) is 7.42. The minimum Gasteiger partial charge on any atom is -0.344 e. The highest BCUT2D eigenvalue weighted by atomic mass is 79.9. The van der Waals surface area contributed by atoms with Crippen LogP contribution in [-0.2, 0) is 13.5 Å². The molecule has 21 heavy (non-hydrogen) atoms. The van der Waals surface area contributed by atoms with Gasteiger partial charge in [-0.15, -0.1) is 0 Å². The van der Waals surface area contributed by atoms with E-state index in [2.05, 4.69) is 44.5 Å². The van der Waals surface area contributed by atoms with E-state index in [1.54, 1.807) is 4.68 Å². The average molecular weight is 348 g/mol. The van der Waals surface area contributed by atoms with E-state index in [1.807, 2.05) is 20.0 Å². The SMILES string of the molecule is Cc1c(Br)c(C(=O)N[C@H]2CCCc3ccccc32)nn1C. The second-order valence-electron chi connectivity index (χ2n) is 5.49. The van der Waals surface area contributed by atoms with Crippen LogP contribution >= 0.6 is 15.9 Å². The molecule has 0 saturated heterocycles. The number of aromatic nitrogens is 2. The third kappa shape index (κ3) is 2.62. The van der Waals surface area contributed by atoms with Crippen LogP contribution in [0.4, 0.5) is 0 Å². The molecule has 0 unspecified atom stereocenters. The predicted octanol–water partition coefficient (Wildman–Crippen LogP) is 3.30. The maximum atomic E-state index is 12.5.